The molecule has 0 aliphatic carbocycles. The standard InChI is InChI=1S/C21H25NO3S/c1-6-17-14(4)26-20(19(17)21(24)25-5)22-18(23)12-9-15-7-10-16(11-8-15)13(2)3/h7-13H,6H2,1-5H3,(H,22,23). The number of amides is 1. The number of anilines is 1. The first-order chi connectivity index (χ1) is 12.4. The number of benzene rings is 1. The van der Waals surface area contributed by atoms with E-state index in [4.69, 9.17) is 4.74 Å². The third-order valence-corrected chi connectivity index (χ3v) is 5.28. The minimum Gasteiger partial charge on any atom is -0.465 e. The summed E-state index contributed by atoms with van der Waals surface area (Å²) >= 11 is 1.40. The van der Waals surface area contributed by atoms with Crippen molar-refractivity contribution in [1.82, 2.24) is 0 Å². The number of hydrogen-bond acceptors (Lipinski definition) is 4. The molecule has 1 amide bonds. The summed E-state index contributed by atoms with van der Waals surface area (Å²) < 4.78 is 4.87. The highest BCUT2D eigenvalue weighted by molar-refractivity contribution is 7.16. The van der Waals surface area contributed by atoms with Crippen LogP contribution in [0.1, 0.15) is 58.6 Å². The number of hydrogen-bond donors (Lipinski definition) is 1. The number of methoxy groups -OCH3 is 1. The van der Waals surface area contributed by atoms with Gasteiger partial charge in [0.15, 0.2) is 0 Å². The zero-order valence-corrected chi connectivity index (χ0v) is 16.7. The Bertz CT molecular complexity index is 817. The molecule has 0 saturated heterocycles. The van der Waals surface area contributed by atoms with E-state index in [-0.39, 0.29) is 5.91 Å². The lowest BCUT2D eigenvalue weighted by Crippen LogP contribution is -2.12. The summed E-state index contributed by atoms with van der Waals surface area (Å²) in [5, 5.41) is 3.35. The second kappa shape index (κ2) is 8.81. The predicted molar refractivity (Wildman–Crippen MR) is 108 cm³/mol. The zero-order valence-electron chi connectivity index (χ0n) is 15.9. The number of nitrogens with one attached hydrogen (secondary N) is 1. The van der Waals surface area contributed by atoms with Gasteiger partial charge in [-0.05, 0) is 42.0 Å². The molecule has 2 aromatic rings. The van der Waals surface area contributed by atoms with Crippen molar-refractivity contribution in [3.8, 4) is 0 Å². The molecule has 0 aliphatic heterocycles. The second-order valence-corrected chi connectivity index (χ2v) is 7.55. The van der Waals surface area contributed by atoms with E-state index in [1.807, 2.05) is 26.0 Å². The van der Waals surface area contributed by atoms with E-state index in [1.54, 1.807) is 6.08 Å². The van der Waals surface area contributed by atoms with Crippen molar-refractivity contribution < 1.29 is 14.3 Å². The van der Waals surface area contributed by atoms with E-state index < -0.39 is 5.97 Å². The number of carbonyl (C=O) groups excluding carboxylic acids is 2. The Morgan fingerprint density at radius 1 is 1.23 bits per heavy atom. The Labute approximate surface area is 158 Å². The molecule has 0 unspecified atom stereocenters. The van der Waals surface area contributed by atoms with E-state index >= 15 is 0 Å². The summed E-state index contributed by atoms with van der Waals surface area (Å²) in [6.07, 6.45) is 3.95. The van der Waals surface area contributed by atoms with Crippen LogP contribution in [0.5, 0.6) is 0 Å². The van der Waals surface area contributed by atoms with Crippen LogP contribution in [-0.2, 0) is 16.0 Å². The van der Waals surface area contributed by atoms with Crippen LogP contribution in [0.2, 0.25) is 0 Å². The summed E-state index contributed by atoms with van der Waals surface area (Å²) in [5.41, 5.74) is 3.59. The molecule has 0 fully saturated rings. The normalized spacial score (nSPS) is 11.2. The second-order valence-electron chi connectivity index (χ2n) is 6.33. The minimum atomic E-state index is -0.422. The fraction of sp³-hybridized carbons (Fsp3) is 0.333. The molecule has 0 atom stereocenters. The maximum absolute atomic E-state index is 12.3. The molecule has 1 N–H and O–H groups in total. The van der Waals surface area contributed by atoms with Gasteiger partial charge in [0.05, 0.1) is 12.7 Å². The van der Waals surface area contributed by atoms with Gasteiger partial charge in [0, 0.05) is 11.0 Å². The highest BCUT2D eigenvalue weighted by Crippen LogP contribution is 2.34. The molecule has 1 aromatic carbocycles. The predicted octanol–water partition coefficient (Wildman–Crippen LogP) is 5.18. The highest BCUT2D eigenvalue weighted by Gasteiger charge is 2.22. The molecule has 2 rings (SSSR count). The molecule has 1 heterocycles. The molecule has 0 spiro atoms. The van der Waals surface area contributed by atoms with Gasteiger partial charge in [0.25, 0.3) is 0 Å². The van der Waals surface area contributed by atoms with Gasteiger partial charge in [0.1, 0.15) is 5.00 Å². The largest absolute Gasteiger partial charge is 0.465 e. The first-order valence-corrected chi connectivity index (χ1v) is 9.48. The van der Waals surface area contributed by atoms with Crippen LogP contribution in [0, 0.1) is 6.92 Å². The Morgan fingerprint density at radius 3 is 2.42 bits per heavy atom. The van der Waals surface area contributed by atoms with Crippen LogP contribution in [0.4, 0.5) is 5.00 Å². The average Bonchev–Trinajstić information content (AvgIpc) is 2.94. The summed E-state index contributed by atoms with van der Waals surface area (Å²) in [4.78, 5) is 25.4. The summed E-state index contributed by atoms with van der Waals surface area (Å²) in [6.45, 7) is 8.21. The number of aryl methyl sites for hydroxylation is 1. The molecular weight excluding hydrogens is 346 g/mol. The number of esters is 1. The third-order valence-electron chi connectivity index (χ3n) is 4.22. The fourth-order valence-electron chi connectivity index (χ4n) is 2.73. The molecule has 138 valence electrons. The van der Waals surface area contributed by atoms with Gasteiger partial charge in [-0.15, -0.1) is 11.3 Å². The maximum atomic E-state index is 12.3. The van der Waals surface area contributed by atoms with Crippen LogP contribution < -0.4 is 5.32 Å². The molecule has 0 radical (unpaired) electrons. The molecule has 0 bridgehead atoms. The topological polar surface area (TPSA) is 55.4 Å². The molecule has 0 saturated carbocycles. The van der Waals surface area contributed by atoms with Gasteiger partial charge in [0.2, 0.25) is 5.91 Å². The van der Waals surface area contributed by atoms with E-state index in [1.165, 1.54) is 30.1 Å². The lowest BCUT2D eigenvalue weighted by Gasteiger charge is -2.06. The van der Waals surface area contributed by atoms with Gasteiger partial charge in [-0.2, -0.15) is 0 Å². The fourth-order valence-corrected chi connectivity index (χ4v) is 3.86. The quantitative estimate of drug-likeness (QED) is 0.562. The summed E-state index contributed by atoms with van der Waals surface area (Å²) in [5.74, 6) is -0.218. The highest BCUT2D eigenvalue weighted by atomic mass is 32.1. The number of carbonyl (C=O) groups is 2. The van der Waals surface area contributed by atoms with Gasteiger partial charge >= 0.3 is 5.97 Å². The number of ether oxygens (including phenoxy) is 1. The maximum Gasteiger partial charge on any atom is 0.341 e. The molecule has 4 nitrogen and oxygen atoms in total. The van der Waals surface area contributed by atoms with Crippen LogP contribution in [0.25, 0.3) is 6.08 Å². The Hall–Kier alpha value is -2.40. The van der Waals surface area contributed by atoms with Crippen molar-refractivity contribution in [3.63, 3.8) is 0 Å². The van der Waals surface area contributed by atoms with Crippen molar-refractivity contribution in [2.24, 2.45) is 0 Å². The first kappa shape index (κ1) is 19.9. The van der Waals surface area contributed by atoms with Crippen molar-refractivity contribution in [2.75, 3.05) is 12.4 Å². The number of rotatable bonds is 6. The minimum absolute atomic E-state index is 0.271. The third kappa shape index (κ3) is 4.61. The zero-order chi connectivity index (χ0) is 19.3. The van der Waals surface area contributed by atoms with Gasteiger partial charge in [-0.1, -0.05) is 45.0 Å². The molecule has 1 aromatic heterocycles. The molecular formula is C21H25NO3S. The van der Waals surface area contributed by atoms with E-state index in [0.717, 1.165) is 16.0 Å². The molecule has 26 heavy (non-hydrogen) atoms. The van der Waals surface area contributed by atoms with Crippen LogP contribution in [0.3, 0.4) is 0 Å². The van der Waals surface area contributed by atoms with Gasteiger partial charge in [-0.25, -0.2) is 4.79 Å². The van der Waals surface area contributed by atoms with E-state index in [9.17, 15) is 9.59 Å². The first-order valence-electron chi connectivity index (χ1n) is 8.66. The average molecular weight is 372 g/mol. The summed E-state index contributed by atoms with van der Waals surface area (Å²) in [6, 6.07) is 8.11. The Morgan fingerprint density at radius 2 is 1.88 bits per heavy atom. The van der Waals surface area contributed by atoms with Crippen molar-refractivity contribution in [2.45, 2.75) is 40.0 Å². The van der Waals surface area contributed by atoms with Crippen molar-refractivity contribution >= 4 is 34.3 Å². The van der Waals surface area contributed by atoms with E-state index in [2.05, 4.69) is 31.3 Å². The lowest BCUT2D eigenvalue weighted by molar-refractivity contribution is -0.111. The molecule has 5 heteroatoms. The summed E-state index contributed by atoms with van der Waals surface area (Å²) in [7, 11) is 1.35. The molecule has 0 aliphatic rings. The van der Waals surface area contributed by atoms with Crippen LogP contribution in [0.15, 0.2) is 30.3 Å². The monoisotopic (exact) mass is 371 g/mol. The smallest absolute Gasteiger partial charge is 0.341 e. The van der Waals surface area contributed by atoms with E-state index in [0.29, 0.717) is 22.9 Å². The van der Waals surface area contributed by atoms with Gasteiger partial charge in [-0.3, -0.25) is 4.79 Å². The number of thiophene rings is 1. The van der Waals surface area contributed by atoms with Gasteiger partial charge < -0.3 is 10.1 Å². The SMILES string of the molecule is CCc1c(C)sc(NC(=O)C=Cc2ccc(C(C)C)cc2)c1C(=O)OC. The van der Waals surface area contributed by atoms with Crippen LogP contribution in [-0.4, -0.2) is 19.0 Å². The lowest BCUT2D eigenvalue weighted by atomic mass is 10.0. The Balaban J connectivity index is 2.16. The Kier molecular flexibility index (Phi) is 6.75. The van der Waals surface area contributed by atoms with Crippen molar-refractivity contribution in [1.29, 1.82) is 0 Å². The van der Waals surface area contributed by atoms with Crippen molar-refractivity contribution in [3.05, 3.63) is 57.5 Å². The van der Waals surface area contributed by atoms with Crippen LogP contribution >= 0.6 is 11.3 Å².